The first-order valence-corrected chi connectivity index (χ1v) is 6.17. The van der Waals surface area contributed by atoms with Gasteiger partial charge >= 0.3 is 5.97 Å². The molecule has 0 amide bonds. The molecule has 0 aromatic heterocycles. The number of likely N-dealkylation sites (N-methyl/N-ethyl adjacent to an activating group) is 1. The number of hydrogen-bond donors (Lipinski definition) is 1. The highest BCUT2D eigenvalue weighted by molar-refractivity contribution is 5.77. The van der Waals surface area contributed by atoms with E-state index in [0.717, 1.165) is 0 Å². The topological polar surface area (TPSA) is 40.5 Å². The monoisotopic (exact) mass is 249 g/mol. The second-order valence-electron chi connectivity index (χ2n) is 5.60. The van der Waals surface area contributed by atoms with Crippen molar-refractivity contribution in [2.75, 3.05) is 7.05 Å². The first-order valence-electron chi connectivity index (χ1n) is 6.17. The van der Waals surface area contributed by atoms with Crippen LogP contribution in [0.5, 0.6) is 0 Å². The van der Waals surface area contributed by atoms with E-state index in [1.54, 1.807) is 13.8 Å². The lowest BCUT2D eigenvalue weighted by Gasteiger charge is -2.32. The van der Waals surface area contributed by atoms with Gasteiger partial charge in [0.2, 0.25) is 0 Å². The SMILES string of the molecule is Cc1cc(C)c(CN(C)C(C)(C)C(=O)O)c(C)c1. The Balaban J connectivity index is 3.02. The van der Waals surface area contributed by atoms with E-state index in [0.29, 0.717) is 6.54 Å². The molecule has 1 N–H and O–H groups in total. The van der Waals surface area contributed by atoms with Crippen molar-refractivity contribution in [3.63, 3.8) is 0 Å². The number of rotatable bonds is 4. The predicted molar refractivity (Wildman–Crippen MR) is 73.8 cm³/mol. The number of benzene rings is 1. The van der Waals surface area contributed by atoms with Crippen molar-refractivity contribution in [2.24, 2.45) is 0 Å². The van der Waals surface area contributed by atoms with Crippen LogP contribution >= 0.6 is 0 Å². The molecule has 0 fully saturated rings. The average molecular weight is 249 g/mol. The quantitative estimate of drug-likeness (QED) is 0.892. The fraction of sp³-hybridized carbons (Fsp3) is 0.533. The lowest BCUT2D eigenvalue weighted by molar-refractivity contribution is -0.148. The molecule has 100 valence electrons. The lowest BCUT2D eigenvalue weighted by Crippen LogP contribution is -2.47. The van der Waals surface area contributed by atoms with E-state index in [9.17, 15) is 9.90 Å². The summed E-state index contributed by atoms with van der Waals surface area (Å²) in [4.78, 5) is 13.1. The summed E-state index contributed by atoms with van der Waals surface area (Å²) in [6.07, 6.45) is 0. The first-order chi connectivity index (χ1) is 8.16. The third-order valence-corrected chi connectivity index (χ3v) is 3.71. The van der Waals surface area contributed by atoms with Gasteiger partial charge in [-0.25, -0.2) is 0 Å². The summed E-state index contributed by atoms with van der Waals surface area (Å²) in [6, 6.07) is 4.29. The second kappa shape index (κ2) is 5.11. The van der Waals surface area contributed by atoms with Crippen LogP contribution in [0.3, 0.4) is 0 Å². The minimum Gasteiger partial charge on any atom is -0.480 e. The molecule has 0 heterocycles. The fourth-order valence-corrected chi connectivity index (χ4v) is 2.06. The number of nitrogens with zero attached hydrogens (tertiary/aromatic N) is 1. The van der Waals surface area contributed by atoms with Gasteiger partial charge in [0, 0.05) is 6.54 Å². The molecule has 3 heteroatoms. The molecule has 0 radical (unpaired) electrons. The van der Waals surface area contributed by atoms with Crippen LogP contribution in [-0.4, -0.2) is 28.6 Å². The summed E-state index contributed by atoms with van der Waals surface area (Å²) in [5, 5.41) is 9.23. The Bertz CT molecular complexity index is 441. The highest BCUT2D eigenvalue weighted by atomic mass is 16.4. The molecular weight excluding hydrogens is 226 g/mol. The number of hydrogen-bond acceptors (Lipinski definition) is 2. The largest absolute Gasteiger partial charge is 0.480 e. The van der Waals surface area contributed by atoms with Gasteiger partial charge in [-0.2, -0.15) is 0 Å². The molecule has 0 unspecified atom stereocenters. The van der Waals surface area contributed by atoms with Crippen LogP contribution in [0, 0.1) is 20.8 Å². The molecule has 1 rings (SSSR count). The molecule has 0 atom stereocenters. The van der Waals surface area contributed by atoms with Crippen molar-refractivity contribution in [1.29, 1.82) is 0 Å². The predicted octanol–water partition coefficient (Wildman–Crippen LogP) is 2.91. The van der Waals surface area contributed by atoms with Crippen molar-refractivity contribution in [3.05, 3.63) is 34.4 Å². The van der Waals surface area contributed by atoms with Crippen molar-refractivity contribution in [1.82, 2.24) is 4.90 Å². The normalized spacial score (nSPS) is 11.9. The van der Waals surface area contributed by atoms with E-state index in [1.807, 2.05) is 11.9 Å². The first kappa shape index (κ1) is 14.7. The van der Waals surface area contributed by atoms with E-state index in [1.165, 1.54) is 22.3 Å². The molecule has 0 spiro atoms. The molecule has 1 aromatic rings. The van der Waals surface area contributed by atoms with Gasteiger partial charge in [0.15, 0.2) is 0 Å². The summed E-state index contributed by atoms with van der Waals surface area (Å²) in [7, 11) is 1.85. The molecule has 1 aromatic carbocycles. The molecule has 0 bridgehead atoms. The van der Waals surface area contributed by atoms with Gasteiger partial charge in [0.1, 0.15) is 5.54 Å². The highest BCUT2D eigenvalue weighted by Gasteiger charge is 2.32. The second-order valence-corrected chi connectivity index (χ2v) is 5.60. The van der Waals surface area contributed by atoms with Gasteiger partial charge in [0.05, 0.1) is 0 Å². The van der Waals surface area contributed by atoms with Gasteiger partial charge < -0.3 is 5.11 Å². The van der Waals surface area contributed by atoms with Crippen LogP contribution in [0.15, 0.2) is 12.1 Å². The molecule has 3 nitrogen and oxygen atoms in total. The third-order valence-electron chi connectivity index (χ3n) is 3.71. The molecule has 0 aliphatic heterocycles. The maximum absolute atomic E-state index is 11.2. The summed E-state index contributed by atoms with van der Waals surface area (Å²) in [5.74, 6) is -0.799. The van der Waals surface area contributed by atoms with E-state index in [2.05, 4.69) is 32.9 Å². The zero-order chi connectivity index (χ0) is 14.1. The van der Waals surface area contributed by atoms with Crippen molar-refractivity contribution in [3.8, 4) is 0 Å². The average Bonchev–Trinajstić information content (AvgIpc) is 2.22. The molecule has 18 heavy (non-hydrogen) atoms. The van der Waals surface area contributed by atoms with E-state index < -0.39 is 11.5 Å². The number of aryl methyl sites for hydroxylation is 3. The van der Waals surface area contributed by atoms with E-state index in [4.69, 9.17) is 0 Å². The van der Waals surface area contributed by atoms with E-state index in [-0.39, 0.29) is 0 Å². The lowest BCUT2D eigenvalue weighted by atomic mass is 9.97. The Labute approximate surface area is 109 Å². The Kier molecular flexibility index (Phi) is 4.17. The molecule has 0 saturated heterocycles. The zero-order valence-corrected chi connectivity index (χ0v) is 12.2. The van der Waals surface area contributed by atoms with Gasteiger partial charge in [-0.05, 0) is 58.4 Å². The van der Waals surface area contributed by atoms with Crippen molar-refractivity contribution < 1.29 is 9.90 Å². The number of carbonyl (C=O) groups is 1. The maximum Gasteiger partial charge on any atom is 0.323 e. The smallest absolute Gasteiger partial charge is 0.323 e. The minimum atomic E-state index is -0.857. The fourth-order valence-electron chi connectivity index (χ4n) is 2.06. The molecule has 0 aliphatic rings. The summed E-state index contributed by atoms with van der Waals surface area (Å²) < 4.78 is 0. The molecule has 0 aliphatic carbocycles. The van der Waals surface area contributed by atoms with Crippen LogP contribution in [-0.2, 0) is 11.3 Å². The Hall–Kier alpha value is -1.35. The maximum atomic E-state index is 11.2. The number of aliphatic carboxylic acids is 1. The standard InChI is InChI=1S/C15H23NO2/c1-10-7-11(2)13(12(3)8-10)9-16(6)15(4,5)14(17)18/h7-8H,9H2,1-6H3,(H,17,18). The Morgan fingerprint density at radius 1 is 1.22 bits per heavy atom. The van der Waals surface area contributed by atoms with Crippen LogP contribution in [0.1, 0.15) is 36.1 Å². The molecular formula is C15H23NO2. The van der Waals surface area contributed by atoms with Gasteiger partial charge in [-0.1, -0.05) is 17.7 Å². The summed E-state index contributed by atoms with van der Waals surface area (Å²) >= 11 is 0. The van der Waals surface area contributed by atoms with Crippen molar-refractivity contribution >= 4 is 5.97 Å². The van der Waals surface area contributed by atoms with Crippen LogP contribution in [0.2, 0.25) is 0 Å². The third kappa shape index (κ3) is 2.91. The van der Waals surface area contributed by atoms with Crippen LogP contribution < -0.4 is 0 Å². The van der Waals surface area contributed by atoms with Gasteiger partial charge in [0.25, 0.3) is 0 Å². The minimum absolute atomic E-state index is 0.650. The number of carboxylic acids is 1. The summed E-state index contributed by atoms with van der Waals surface area (Å²) in [6.45, 7) is 10.3. The Morgan fingerprint density at radius 3 is 2.06 bits per heavy atom. The van der Waals surface area contributed by atoms with Gasteiger partial charge in [-0.3, -0.25) is 9.69 Å². The zero-order valence-electron chi connectivity index (χ0n) is 12.2. The highest BCUT2D eigenvalue weighted by Crippen LogP contribution is 2.22. The van der Waals surface area contributed by atoms with Gasteiger partial charge in [-0.15, -0.1) is 0 Å². The van der Waals surface area contributed by atoms with Crippen LogP contribution in [0.25, 0.3) is 0 Å². The number of carboxylic acid groups (broad SMARTS) is 1. The molecule has 0 saturated carbocycles. The van der Waals surface area contributed by atoms with Crippen LogP contribution in [0.4, 0.5) is 0 Å². The summed E-state index contributed by atoms with van der Waals surface area (Å²) in [5.41, 5.74) is 4.05. The van der Waals surface area contributed by atoms with Crippen molar-refractivity contribution in [2.45, 2.75) is 46.7 Å². The Morgan fingerprint density at radius 2 is 1.67 bits per heavy atom. The van der Waals surface area contributed by atoms with E-state index >= 15 is 0 Å².